The molecule has 104 valence electrons. The second-order valence-electron chi connectivity index (χ2n) is 6.08. The summed E-state index contributed by atoms with van der Waals surface area (Å²) in [6.45, 7) is 0. The Morgan fingerprint density at radius 3 is 3.00 bits per heavy atom. The van der Waals surface area contributed by atoms with Gasteiger partial charge in [0.15, 0.2) is 0 Å². The number of nitrogens with zero attached hydrogens (tertiary/aromatic N) is 1. The molecule has 4 nitrogen and oxygen atoms in total. The van der Waals surface area contributed by atoms with Crippen LogP contribution in [0.4, 0.5) is 10.5 Å². The van der Waals surface area contributed by atoms with E-state index in [1.54, 1.807) is 4.90 Å². The highest BCUT2D eigenvalue weighted by Gasteiger charge is 2.65. The molecule has 5 rings (SSSR count). The molecule has 0 radical (unpaired) electrons. The highest BCUT2D eigenvalue weighted by Crippen LogP contribution is 2.63. The highest BCUT2D eigenvalue weighted by molar-refractivity contribution is 5.97. The molecule has 2 saturated carbocycles. The fraction of sp³-hybridized carbons (Fsp3) is 0.500. The predicted octanol–water partition coefficient (Wildman–Crippen LogP) is 2.65. The van der Waals surface area contributed by atoms with Gasteiger partial charge in [-0.3, -0.25) is 9.69 Å². The number of methoxy groups -OCH3 is 1. The third-order valence-corrected chi connectivity index (χ3v) is 5.35. The Balaban J connectivity index is 1.90. The van der Waals surface area contributed by atoms with Crippen molar-refractivity contribution in [3.05, 3.63) is 29.8 Å². The smallest absolute Gasteiger partial charge is 0.414 e. The molecule has 2 fully saturated rings. The Kier molecular flexibility index (Phi) is 2.29. The molecule has 4 heteroatoms. The average molecular weight is 271 g/mol. The Morgan fingerprint density at radius 1 is 1.40 bits per heavy atom. The summed E-state index contributed by atoms with van der Waals surface area (Å²) in [7, 11) is 1.40. The van der Waals surface area contributed by atoms with Crippen LogP contribution in [0.2, 0.25) is 0 Å². The Bertz CT molecular complexity index is 611. The number of hydrogen-bond acceptors (Lipinski definition) is 3. The van der Waals surface area contributed by atoms with Crippen LogP contribution in [0.15, 0.2) is 24.3 Å². The lowest BCUT2D eigenvalue weighted by Gasteiger charge is -2.64. The van der Waals surface area contributed by atoms with Gasteiger partial charge < -0.3 is 4.74 Å². The van der Waals surface area contributed by atoms with E-state index in [1.165, 1.54) is 7.11 Å². The minimum Gasteiger partial charge on any atom is -0.452 e. The van der Waals surface area contributed by atoms with Gasteiger partial charge in [0.05, 0.1) is 18.8 Å². The number of rotatable bonds is 0. The Labute approximate surface area is 117 Å². The number of hydrogen-bond donors (Lipinski definition) is 0. The van der Waals surface area contributed by atoms with Crippen LogP contribution in [-0.2, 0) is 14.9 Å². The van der Waals surface area contributed by atoms with Gasteiger partial charge in [-0.25, -0.2) is 4.79 Å². The molecular formula is C16H17NO3. The van der Waals surface area contributed by atoms with Crippen molar-refractivity contribution in [2.24, 2.45) is 5.92 Å². The average Bonchev–Trinajstić information content (AvgIpc) is 2.45. The summed E-state index contributed by atoms with van der Waals surface area (Å²) in [5.74, 6) is 0.293. The van der Waals surface area contributed by atoms with Gasteiger partial charge in [0.2, 0.25) is 0 Å². The zero-order valence-electron chi connectivity index (χ0n) is 11.5. The summed E-state index contributed by atoms with van der Waals surface area (Å²) in [6, 6.07) is 7.97. The summed E-state index contributed by atoms with van der Waals surface area (Å²) >= 11 is 0. The SMILES string of the molecule is COC(=O)N1c2ccccc2[C@@]23CCCC(=O)[C@@H]2[C@@H]1C3. The molecular weight excluding hydrogens is 254 g/mol. The number of benzene rings is 1. The van der Waals surface area contributed by atoms with Crippen LogP contribution in [0.1, 0.15) is 31.2 Å². The largest absolute Gasteiger partial charge is 0.452 e. The van der Waals surface area contributed by atoms with Crippen molar-refractivity contribution in [1.29, 1.82) is 0 Å². The number of para-hydroxylation sites is 1. The standard InChI is InChI=1S/C16H17NO3/c1-20-15(19)17-11-6-3-2-5-10(11)16-8-4-7-13(18)14(16)12(17)9-16/h2-3,5-6,12,14H,4,7-9H2,1H3/t12-,14-,16-/m0/s1. The van der Waals surface area contributed by atoms with E-state index in [4.69, 9.17) is 4.74 Å². The van der Waals surface area contributed by atoms with Crippen molar-refractivity contribution in [2.45, 2.75) is 37.1 Å². The zero-order valence-corrected chi connectivity index (χ0v) is 11.5. The number of Topliss-reactive ketones (excluding diaryl/α,β-unsaturated/α-hetero) is 1. The van der Waals surface area contributed by atoms with Crippen molar-refractivity contribution < 1.29 is 14.3 Å². The number of ketones is 1. The molecule has 2 bridgehead atoms. The number of anilines is 1. The maximum atomic E-state index is 12.4. The van der Waals surface area contributed by atoms with Gasteiger partial charge in [-0.05, 0) is 30.9 Å². The van der Waals surface area contributed by atoms with E-state index in [0.717, 1.165) is 30.5 Å². The van der Waals surface area contributed by atoms with Crippen LogP contribution in [0.5, 0.6) is 0 Å². The van der Waals surface area contributed by atoms with Crippen molar-refractivity contribution in [3.8, 4) is 0 Å². The third kappa shape index (κ3) is 1.22. The number of carbonyl (C=O) groups is 2. The topological polar surface area (TPSA) is 46.6 Å². The van der Waals surface area contributed by atoms with Crippen LogP contribution in [0, 0.1) is 5.92 Å². The molecule has 0 saturated heterocycles. The Hall–Kier alpha value is -1.84. The Morgan fingerprint density at radius 2 is 2.20 bits per heavy atom. The second kappa shape index (κ2) is 3.84. The fourth-order valence-corrected chi connectivity index (χ4v) is 4.61. The summed E-state index contributed by atoms with van der Waals surface area (Å²) in [6.07, 6.45) is 3.23. The van der Waals surface area contributed by atoms with Crippen LogP contribution in [0.3, 0.4) is 0 Å². The van der Waals surface area contributed by atoms with Crippen molar-refractivity contribution in [1.82, 2.24) is 0 Å². The van der Waals surface area contributed by atoms with Gasteiger partial charge >= 0.3 is 6.09 Å². The second-order valence-corrected chi connectivity index (χ2v) is 6.08. The van der Waals surface area contributed by atoms with Crippen LogP contribution in [-0.4, -0.2) is 25.0 Å². The molecule has 0 unspecified atom stereocenters. The predicted molar refractivity (Wildman–Crippen MR) is 73.8 cm³/mol. The van der Waals surface area contributed by atoms with E-state index in [9.17, 15) is 9.59 Å². The minimum absolute atomic E-state index is 0.00912. The third-order valence-electron chi connectivity index (χ3n) is 5.35. The maximum absolute atomic E-state index is 12.4. The van der Waals surface area contributed by atoms with E-state index < -0.39 is 0 Å². The van der Waals surface area contributed by atoms with E-state index >= 15 is 0 Å². The molecule has 1 aromatic carbocycles. The van der Waals surface area contributed by atoms with Crippen molar-refractivity contribution in [3.63, 3.8) is 0 Å². The number of amides is 1. The lowest BCUT2D eigenvalue weighted by molar-refractivity contribution is -0.135. The maximum Gasteiger partial charge on any atom is 0.414 e. The number of carbonyl (C=O) groups excluding carboxylic acids is 2. The number of ether oxygens (including phenoxy) is 1. The first-order chi connectivity index (χ1) is 9.69. The van der Waals surface area contributed by atoms with E-state index in [0.29, 0.717) is 12.2 Å². The molecule has 20 heavy (non-hydrogen) atoms. The van der Waals surface area contributed by atoms with Crippen LogP contribution in [0.25, 0.3) is 0 Å². The lowest BCUT2D eigenvalue weighted by Crippen LogP contribution is -2.70. The molecule has 0 aromatic heterocycles. The quantitative estimate of drug-likeness (QED) is 0.728. The van der Waals surface area contributed by atoms with Gasteiger partial charge in [-0.2, -0.15) is 0 Å². The molecule has 1 amide bonds. The molecule has 4 aliphatic rings. The molecule has 3 atom stereocenters. The van der Waals surface area contributed by atoms with Gasteiger partial charge in [0.25, 0.3) is 0 Å². The fourth-order valence-electron chi connectivity index (χ4n) is 4.61. The molecule has 2 aliphatic heterocycles. The molecule has 2 heterocycles. The van der Waals surface area contributed by atoms with E-state index in [2.05, 4.69) is 6.07 Å². The lowest BCUT2D eigenvalue weighted by atomic mass is 9.45. The summed E-state index contributed by atoms with van der Waals surface area (Å²) < 4.78 is 4.93. The molecule has 1 spiro atoms. The summed E-state index contributed by atoms with van der Waals surface area (Å²) in [4.78, 5) is 26.2. The van der Waals surface area contributed by atoms with Gasteiger partial charge in [0, 0.05) is 17.8 Å². The van der Waals surface area contributed by atoms with Gasteiger partial charge in [-0.1, -0.05) is 18.2 Å². The van der Waals surface area contributed by atoms with Crippen LogP contribution >= 0.6 is 0 Å². The van der Waals surface area contributed by atoms with Crippen LogP contribution < -0.4 is 4.90 Å². The minimum atomic E-state index is -0.353. The first kappa shape index (κ1) is 11.9. The van der Waals surface area contributed by atoms with Crippen molar-refractivity contribution >= 4 is 17.6 Å². The highest BCUT2D eigenvalue weighted by atomic mass is 16.5. The normalized spacial score (nSPS) is 33.9. The zero-order chi connectivity index (χ0) is 13.9. The first-order valence-corrected chi connectivity index (χ1v) is 7.18. The first-order valence-electron chi connectivity index (χ1n) is 7.18. The van der Waals surface area contributed by atoms with Gasteiger partial charge in [-0.15, -0.1) is 0 Å². The molecule has 2 aliphatic carbocycles. The van der Waals surface area contributed by atoms with Gasteiger partial charge in [0.1, 0.15) is 5.78 Å². The summed E-state index contributed by atoms with van der Waals surface area (Å²) in [5, 5.41) is 0. The monoisotopic (exact) mass is 271 g/mol. The van der Waals surface area contributed by atoms with E-state index in [-0.39, 0.29) is 23.5 Å². The molecule has 1 aromatic rings. The van der Waals surface area contributed by atoms with E-state index in [1.807, 2.05) is 18.2 Å². The van der Waals surface area contributed by atoms with Crippen molar-refractivity contribution in [2.75, 3.05) is 12.0 Å². The summed E-state index contributed by atoms with van der Waals surface area (Å²) in [5.41, 5.74) is 2.08. The molecule has 0 N–H and O–H groups in total.